The summed E-state index contributed by atoms with van der Waals surface area (Å²) in [6, 6.07) is 8.52. The van der Waals surface area contributed by atoms with Crippen molar-refractivity contribution in [3.8, 4) is 22.6 Å². The molecule has 0 bridgehead atoms. The highest BCUT2D eigenvalue weighted by Gasteiger charge is 2.23. The highest BCUT2D eigenvalue weighted by atomic mass is 32.1. The van der Waals surface area contributed by atoms with Gasteiger partial charge >= 0.3 is 0 Å². The van der Waals surface area contributed by atoms with E-state index in [0.717, 1.165) is 52.8 Å². The van der Waals surface area contributed by atoms with E-state index in [0.29, 0.717) is 18.0 Å². The number of benzene rings is 1. The van der Waals surface area contributed by atoms with E-state index in [1.165, 1.54) is 32.1 Å². The number of likely N-dealkylation sites (tertiary alicyclic amines) is 1. The maximum Gasteiger partial charge on any atom is 0.261 e. The third kappa shape index (κ3) is 3.61. The Bertz CT molecular complexity index is 1580. The van der Waals surface area contributed by atoms with E-state index < -0.39 is 0 Å². The minimum Gasteiger partial charge on any atom is -0.302 e. The predicted octanol–water partition coefficient (Wildman–Crippen LogP) is 4.46. The second-order valence-corrected chi connectivity index (χ2v) is 10.5. The van der Waals surface area contributed by atoms with E-state index >= 15 is 0 Å². The van der Waals surface area contributed by atoms with Crippen molar-refractivity contribution in [1.29, 1.82) is 0 Å². The molecule has 5 heterocycles. The molecule has 0 atom stereocenters. The van der Waals surface area contributed by atoms with Crippen LogP contribution >= 0.6 is 11.3 Å². The lowest BCUT2D eigenvalue weighted by molar-refractivity contribution is 0.290. The van der Waals surface area contributed by atoms with Crippen LogP contribution in [0.15, 0.2) is 53.2 Å². The van der Waals surface area contributed by atoms with Crippen molar-refractivity contribution in [2.45, 2.75) is 44.7 Å². The van der Waals surface area contributed by atoms with Crippen LogP contribution in [0.1, 0.15) is 38.1 Å². The van der Waals surface area contributed by atoms with Gasteiger partial charge in [0.1, 0.15) is 11.4 Å². The predicted molar refractivity (Wildman–Crippen MR) is 138 cm³/mol. The van der Waals surface area contributed by atoms with Crippen LogP contribution in [0.5, 0.6) is 0 Å². The van der Waals surface area contributed by atoms with Crippen LogP contribution < -0.4 is 5.56 Å². The quantitative estimate of drug-likeness (QED) is 0.355. The van der Waals surface area contributed by atoms with Gasteiger partial charge in [-0.2, -0.15) is 5.10 Å². The first-order valence-electron chi connectivity index (χ1n) is 12.5. The Labute approximate surface area is 206 Å². The Balaban J connectivity index is 1.30. The molecule has 5 aromatic rings. The third-order valence-corrected chi connectivity index (χ3v) is 8.27. The summed E-state index contributed by atoms with van der Waals surface area (Å²) in [6.07, 6.45) is 11.9. The van der Waals surface area contributed by atoms with Crippen LogP contribution in [-0.4, -0.2) is 53.3 Å². The minimum absolute atomic E-state index is 0.0120. The molecule has 2 aliphatic rings. The maximum atomic E-state index is 13.4. The van der Waals surface area contributed by atoms with Crippen LogP contribution in [0, 0.1) is 0 Å². The van der Waals surface area contributed by atoms with Gasteiger partial charge in [-0.3, -0.25) is 18.4 Å². The summed E-state index contributed by atoms with van der Waals surface area (Å²) in [7, 11) is 0. The highest BCUT2D eigenvalue weighted by molar-refractivity contribution is 7.15. The van der Waals surface area contributed by atoms with Crippen molar-refractivity contribution in [2.75, 3.05) is 19.6 Å². The molecule has 178 valence electrons. The van der Waals surface area contributed by atoms with E-state index in [1.54, 1.807) is 22.2 Å². The normalized spacial score (nSPS) is 17.0. The number of rotatable bonds is 6. The highest BCUT2D eigenvalue weighted by Crippen LogP contribution is 2.36. The smallest absolute Gasteiger partial charge is 0.261 e. The van der Waals surface area contributed by atoms with Crippen molar-refractivity contribution in [2.24, 2.45) is 0 Å². The Morgan fingerprint density at radius 3 is 2.74 bits per heavy atom. The van der Waals surface area contributed by atoms with Gasteiger partial charge in [0, 0.05) is 36.4 Å². The second kappa shape index (κ2) is 8.42. The molecule has 9 heteroatoms. The minimum atomic E-state index is 0.0120. The summed E-state index contributed by atoms with van der Waals surface area (Å²) in [5.74, 6) is 0. The number of imidazole rings is 1. The molecular weight excluding hydrogens is 458 g/mol. The fourth-order valence-corrected chi connectivity index (χ4v) is 5.99. The largest absolute Gasteiger partial charge is 0.302 e. The summed E-state index contributed by atoms with van der Waals surface area (Å²) in [4.78, 5) is 26.3. The summed E-state index contributed by atoms with van der Waals surface area (Å²) in [5, 5.41) is 7.56. The fourth-order valence-electron chi connectivity index (χ4n) is 5.28. The molecule has 1 saturated carbocycles. The standard InChI is InChI=1S/C26H27N7OS/c34-25-20-16-18(6-7-21(20)27-17-31(25)13-12-30-9-1-2-10-30)24-23(28-26-32(24)14-15-35-26)22-8-11-33(29-22)19-4-3-5-19/h6-8,11,14-17,19H,1-5,9-10,12-13H2. The van der Waals surface area contributed by atoms with Gasteiger partial charge < -0.3 is 4.90 Å². The Hall–Kier alpha value is -3.30. The topological polar surface area (TPSA) is 73.2 Å². The number of aromatic nitrogens is 6. The average molecular weight is 486 g/mol. The first kappa shape index (κ1) is 21.0. The Kier molecular flexibility index (Phi) is 5.06. The molecule has 0 N–H and O–H groups in total. The van der Waals surface area contributed by atoms with Gasteiger partial charge in [-0.15, -0.1) is 11.3 Å². The van der Waals surface area contributed by atoms with Crippen LogP contribution in [0.3, 0.4) is 0 Å². The Morgan fingerprint density at radius 2 is 1.91 bits per heavy atom. The number of thiazole rings is 1. The van der Waals surface area contributed by atoms with E-state index in [-0.39, 0.29) is 5.56 Å². The molecule has 35 heavy (non-hydrogen) atoms. The first-order valence-corrected chi connectivity index (χ1v) is 13.4. The van der Waals surface area contributed by atoms with Gasteiger partial charge in [-0.05, 0) is 63.4 Å². The Morgan fingerprint density at radius 1 is 1.03 bits per heavy atom. The van der Waals surface area contributed by atoms with Gasteiger partial charge in [0.25, 0.3) is 5.56 Å². The zero-order valence-corrected chi connectivity index (χ0v) is 20.3. The van der Waals surface area contributed by atoms with Gasteiger partial charge in [0.15, 0.2) is 4.96 Å². The van der Waals surface area contributed by atoms with E-state index in [4.69, 9.17) is 10.1 Å². The van der Waals surface area contributed by atoms with E-state index in [1.807, 2.05) is 29.8 Å². The third-order valence-electron chi connectivity index (χ3n) is 7.52. The first-order chi connectivity index (χ1) is 17.2. The lowest BCUT2D eigenvalue weighted by Crippen LogP contribution is -2.29. The van der Waals surface area contributed by atoms with Gasteiger partial charge in [-0.25, -0.2) is 9.97 Å². The number of hydrogen-bond acceptors (Lipinski definition) is 6. The average Bonchev–Trinajstić information content (AvgIpc) is 3.62. The van der Waals surface area contributed by atoms with Crippen LogP contribution in [-0.2, 0) is 6.54 Å². The van der Waals surface area contributed by atoms with Crippen LogP contribution in [0.4, 0.5) is 0 Å². The molecule has 7 rings (SSSR count). The molecule has 2 fully saturated rings. The van der Waals surface area contributed by atoms with Crippen molar-refractivity contribution < 1.29 is 0 Å². The summed E-state index contributed by atoms with van der Waals surface area (Å²) in [5.41, 5.74) is 4.38. The second-order valence-electron chi connectivity index (χ2n) is 9.65. The van der Waals surface area contributed by atoms with Crippen LogP contribution in [0.25, 0.3) is 38.5 Å². The summed E-state index contributed by atoms with van der Waals surface area (Å²) in [6.45, 7) is 3.80. The van der Waals surface area contributed by atoms with Gasteiger partial charge in [0.2, 0.25) is 0 Å². The SMILES string of the molecule is O=c1c2cc(-c3c(-c4ccn(C5CCC5)n4)nc4sccn34)ccc2ncn1CCN1CCCC1. The summed E-state index contributed by atoms with van der Waals surface area (Å²) >= 11 is 1.60. The van der Waals surface area contributed by atoms with Crippen molar-refractivity contribution >= 4 is 27.2 Å². The zero-order valence-electron chi connectivity index (χ0n) is 19.5. The van der Waals surface area contributed by atoms with E-state index in [2.05, 4.69) is 31.2 Å². The van der Waals surface area contributed by atoms with Crippen molar-refractivity contribution in [3.05, 3.63) is 58.7 Å². The molecule has 1 saturated heterocycles. The molecule has 8 nitrogen and oxygen atoms in total. The molecule has 1 aromatic carbocycles. The maximum absolute atomic E-state index is 13.4. The lowest BCUT2D eigenvalue weighted by Gasteiger charge is -2.25. The zero-order chi connectivity index (χ0) is 23.4. The molecule has 1 aliphatic carbocycles. The molecule has 0 radical (unpaired) electrons. The van der Waals surface area contributed by atoms with Crippen LogP contribution in [0.2, 0.25) is 0 Å². The fraction of sp³-hybridized carbons (Fsp3) is 0.385. The molecule has 0 amide bonds. The molecule has 4 aromatic heterocycles. The van der Waals surface area contributed by atoms with Crippen molar-refractivity contribution in [1.82, 2.24) is 33.6 Å². The molecule has 0 unspecified atom stereocenters. The number of nitrogens with zero attached hydrogens (tertiary/aromatic N) is 7. The van der Waals surface area contributed by atoms with Gasteiger partial charge in [-0.1, -0.05) is 6.07 Å². The number of fused-ring (bicyclic) bond motifs is 2. The summed E-state index contributed by atoms with van der Waals surface area (Å²) < 4.78 is 5.94. The lowest BCUT2D eigenvalue weighted by atomic mass is 9.93. The van der Waals surface area contributed by atoms with Crippen molar-refractivity contribution in [3.63, 3.8) is 0 Å². The molecule has 1 aliphatic heterocycles. The van der Waals surface area contributed by atoms with Gasteiger partial charge in [0.05, 0.1) is 29.0 Å². The molecule has 0 spiro atoms. The van der Waals surface area contributed by atoms with E-state index in [9.17, 15) is 4.79 Å². The molecular formula is C26H27N7OS. The monoisotopic (exact) mass is 485 g/mol. The number of hydrogen-bond donors (Lipinski definition) is 0.